The van der Waals surface area contributed by atoms with Crippen LogP contribution in [0.4, 0.5) is 34.3 Å². The van der Waals surface area contributed by atoms with Crippen molar-refractivity contribution in [3.8, 4) is 61.7 Å². The van der Waals surface area contributed by atoms with Crippen molar-refractivity contribution in [2.45, 2.75) is 44.2 Å². The molecule has 0 amide bonds. The molecule has 9 heterocycles. The summed E-state index contributed by atoms with van der Waals surface area (Å²) in [6.07, 6.45) is 0. The number of benzene rings is 9. The largest absolute Gasteiger partial charge is 0.319 e. The first-order chi connectivity index (χ1) is 37.2. The molecule has 1 atom stereocenters. The van der Waals surface area contributed by atoms with E-state index in [0.29, 0.717) is 0 Å². The third-order valence-electron chi connectivity index (χ3n) is 18.6. The summed E-state index contributed by atoms with van der Waals surface area (Å²) in [6.45, 7) is 9.87. The van der Waals surface area contributed by atoms with Crippen molar-refractivity contribution in [2.24, 2.45) is 0 Å². The van der Waals surface area contributed by atoms with Gasteiger partial charge >= 0.3 is 5.66 Å². The Morgan fingerprint density at radius 3 is 1.38 bits per heavy atom. The Hall–Kier alpha value is -9.32. The molecule has 9 aromatic carbocycles. The van der Waals surface area contributed by atoms with Crippen molar-refractivity contribution >= 4 is 56.1 Å². The van der Waals surface area contributed by atoms with Gasteiger partial charge in [0.2, 0.25) is 0 Å². The van der Waals surface area contributed by atoms with Gasteiger partial charge < -0.3 is 4.90 Å². The van der Waals surface area contributed by atoms with Crippen molar-refractivity contribution < 1.29 is 9.13 Å². The molecule has 0 bridgehead atoms. The van der Waals surface area contributed by atoms with Gasteiger partial charge in [-0.15, -0.1) is 0 Å². The summed E-state index contributed by atoms with van der Waals surface area (Å²) in [5.41, 5.74) is 27.4. The van der Waals surface area contributed by atoms with Gasteiger partial charge in [0.1, 0.15) is 22.3 Å². The van der Waals surface area contributed by atoms with Crippen LogP contribution in [0, 0.1) is 0 Å². The van der Waals surface area contributed by atoms with Gasteiger partial charge in [0.15, 0.2) is 22.6 Å². The molecular formula is C71H49N5+2. The van der Waals surface area contributed by atoms with Gasteiger partial charge in [0.05, 0.1) is 17.1 Å². The molecule has 0 fully saturated rings. The second kappa shape index (κ2) is 13.7. The topological polar surface area (TPSA) is 19.2 Å². The second-order valence-corrected chi connectivity index (χ2v) is 22.9. The standard InChI is InChI=1S/C71H49N5/c1-69(2)52-22-12-15-25-57(52)72-59-36-35-51-50-21-11-14-24-56(50)73-62-39-48(46-31-27-44(28-32-46)42-17-7-5-8-18-42)37-60-61-38-49(47-33-29-45(30-34-47)43-19-9-6-10-20-43)40-63-74-58-26-16-13-23-53(58)70(3,4)55-41-54(69)67(72)65(68(55)74)71(75(60)62,76(61)63)64(59)66(51)73/h5-41H,1-4H3/q+2. The molecule has 3 aromatic heterocycles. The number of hydrogen-bond acceptors (Lipinski definition) is 2. The molecule has 0 N–H and O–H groups in total. The predicted molar refractivity (Wildman–Crippen MR) is 307 cm³/mol. The lowest BCUT2D eigenvalue weighted by Gasteiger charge is -2.53. The van der Waals surface area contributed by atoms with Crippen LogP contribution < -0.4 is 18.9 Å². The average molecular weight is 972 g/mol. The SMILES string of the molecule is CC1(C)c2ccccc2N2c3ccc4c5ccccc5n5c4c3C34c6c2c1cc1c6N(c2ccccc2C1(C)C)c1cc(-c2ccc(-c6ccccc6)cc2)cc([n+]13)-c1cc(-c2ccc(-c3ccccc3)cc2)cc-5[n+]14. The van der Waals surface area contributed by atoms with Crippen LogP contribution in [-0.4, -0.2) is 4.57 Å². The molecule has 18 rings (SSSR count). The number of aromatic nitrogens is 3. The van der Waals surface area contributed by atoms with E-state index in [-0.39, 0.29) is 10.8 Å². The fraction of sp³-hybridized carbons (Fsp3) is 0.0986. The highest BCUT2D eigenvalue weighted by Gasteiger charge is 2.72. The second-order valence-electron chi connectivity index (χ2n) is 22.9. The van der Waals surface area contributed by atoms with Gasteiger partial charge in [-0.2, -0.15) is 18.6 Å². The van der Waals surface area contributed by atoms with Gasteiger partial charge in [0, 0.05) is 44.9 Å². The zero-order valence-corrected chi connectivity index (χ0v) is 42.6. The van der Waals surface area contributed by atoms with Crippen LogP contribution in [0.2, 0.25) is 0 Å². The van der Waals surface area contributed by atoms with Crippen LogP contribution in [0.1, 0.15) is 61.1 Å². The summed E-state index contributed by atoms with van der Waals surface area (Å²) in [7, 11) is 0. The maximum atomic E-state index is 2.79. The molecule has 0 saturated carbocycles. The van der Waals surface area contributed by atoms with Crippen molar-refractivity contribution in [3.63, 3.8) is 0 Å². The summed E-state index contributed by atoms with van der Waals surface area (Å²) in [4.78, 5) is 5.36. The summed E-state index contributed by atoms with van der Waals surface area (Å²) in [5, 5.41) is 2.53. The van der Waals surface area contributed by atoms with E-state index < -0.39 is 5.66 Å². The van der Waals surface area contributed by atoms with Crippen molar-refractivity contribution in [1.82, 2.24) is 4.57 Å². The van der Waals surface area contributed by atoms with Crippen molar-refractivity contribution in [1.29, 1.82) is 0 Å². The molecule has 1 spiro atoms. The third kappa shape index (κ3) is 4.68. The Labute approximate surface area is 441 Å². The van der Waals surface area contributed by atoms with Crippen molar-refractivity contribution in [2.75, 3.05) is 9.80 Å². The van der Waals surface area contributed by atoms with Gasteiger partial charge in [-0.3, -0.25) is 0 Å². The minimum Gasteiger partial charge on any atom is -0.308 e. The van der Waals surface area contributed by atoms with Gasteiger partial charge in [-0.1, -0.05) is 185 Å². The Bertz CT molecular complexity index is 4620. The van der Waals surface area contributed by atoms with E-state index in [1.807, 2.05) is 0 Å². The van der Waals surface area contributed by atoms with E-state index in [2.05, 4.69) is 276 Å². The Balaban J connectivity index is 1.05. The molecular weight excluding hydrogens is 923 g/mol. The van der Waals surface area contributed by atoms with Crippen LogP contribution in [-0.2, 0) is 16.5 Å². The molecule has 0 aliphatic carbocycles. The number of anilines is 6. The molecule has 1 unspecified atom stereocenters. The maximum absolute atomic E-state index is 2.79. The monoisotopic (exact) mass is 971 g/mol. The maximum Gasteiger partial charge on any atom is 0.319 e. The van der Waals surface area contributed by atoms with E-state index in [1.54, 1.807) is 0 Å². The van der Waals surface area contributed by atoms with Crippen LogP contribution in [0.5, 0.6) is 0 Å². The summed E-state index contributed by atoms with van der Waals surface area (Å²) in [5.74, 6) is 2.33. The number of rotatable bonds is 4. The minimum absolute atomic E-state index is 0.318. The number of nitrogens with zero attached hydrogens (tertiary/aromatic N) is 5. The lowest BCUT2D eigenvalue weighted by atomic mass is 9.63. The average Bonchev–Trinajstić information content (AvgIpc) is 3.25. The lowest BCUT2D eigenvalue weighted by Crippen LogP contribution is -2.76. The van der Waals surface area contributed by atoms with Crippen LogP contribution in [0.15, 0.2) is 224 Å². The Morgan fingerprint density at radius 1 is 0.329 bits per heavy atom. The zero-order valence-electron chi connectivity index (χ0n) is 42.6. The fourth-order valence-corrected chi connectivity index (χ4v) is 15.2. The smallest absolute Gasteiger partial charge is 0.308 e. The third-order valence-corrected chi connectivity index (χ3v) is 18.6. The minimum atomic E-state index is -0.826. The Morgan fingerprint density at radius 2 is 0.789 bits per heavy atom. The normalized spacial score (nSPS) is 17.2. The first-order valence-electron chi connectivity index (χ1n) is 26.8. The van der Waals surface area contributed by atoms with Gasteiger partial charge in [0.25, 0.3) is 11.6 Å². The number of pyridine rings is 2. The molecule has 76 heavy (non-hydrogen) atoms. The first-order valence-corrected chi connectivity index (χ1v) is 26.8. The zero-order chi connectivity index (χ0) is 50.1. The predicted octanol–water partition coefficient (Wildman–Crippen LogP) is 16.5. The van der Waals surface area contributed by atoms with E-state index in [4.69, 9.17) is 0 Å². The molecule has 0 radical (unpaired) electrons. The van der Waals surface area contributed by atoms with E-state index in [9.17, 15) is 0 Å². The number of hydrogen-bond donors (Lipinski definition) is 0. The number of fused-ring (bicyclic) bond motifs is 11. The number of para-hydroxylation sites is 3. The summed E-state index contributed by atoms with van der Waals surface area (Å²) in [6, 6.07) is 85.1. The van der Waals surface area contributed by atoms with E-state index in [0.717, 1.165) is 11.6 Å². The molecule has 6 aliphatic rings. The van der Waals surface area contributed by atoms with E-state index >= 15 is 0 Å². The van der Waals surface area contributed by atoms with E-state index in [1.165, 1.54) is 140 Å². The highest BCUT2D eigenvalue weighted by atomic mass is 15.5. The lowest BCUT2D eigenvalue weighted by molar-refractivity contribution is -0.931. The summed E-state index contributed by atoms with van der Waals surface area (Å²) >= 11 is 0. The first kappa shape index (κ1) is 41.1. The van der Waals surface area contributed by atoms with Gasteiger partial charge in [-0.25, -0.2) is 0 Å². The van der Waals surface area contributed by atoms with Crippen LogP contribution in [0.25, 0.3) is 83.5 Å². The molecule has 12 aromatic rings. The van der Waals surface area contributed by atoms with Crippen LogP contribution in [0.3, 0.4) is 0 Å². The Kier molecular flexibility index (Phi) is 7.40. The quantitative estimate of drug-likeness (QED) is 0.164. The molecule has 5 heteroatoms. The van der Waals surface area contributed by atoms with Gasteiger partial charge in [-0.05, 0) is 110 Å². The van der Waals surface area contributed by atoms with Crippen molar-refractivity contribution in [3.05, 3.63) is 258 Å². The molecule has 5 nitrogen and oxygen atoms in total. The van der Waals surface area contributed by atoms with Crippen LogP contribution >= 0.6 is 0 Å². The highest BCUT2D eigenvalue weighted by Crippen LogP contribution is 2.69. The molecule has 6 aliphatic heterocycles. The molecule has 356 valence electrons. The fourth-order valence-electron chi connectivity index (χ4n) is 15.2. The molecule has 0 saturated heterocycles. The summed E-state index contributed by atoms with van der Waals surface area (Å²) < 4.78 is 8.21. The highest BCUT2D eigenvalue weighted by molar-refractivity contribution is 6.14.